The Balaban J connectivity index is 3.33. The number of Topliss-reactive ketones (excluding diaryl/α,β-unsaturated/α-hetero) is 2. The largest absolute Gasteiger partial charge is 0.300 e. The van der Waals surface area contributed by atoms with Crippen LogP contribution in [0, 0.1) is 0 Å². The highest BCUT2D eigenvalue weighted by Gasteiger charge is 2.09. The zero-order chi connectivity index (χ0) is 23.2. The van der Waals surface area contributed by atoms with Gasteiger partial charge in [-0.3, -0.25) is 9.59 Å². The van der Waals surface area contributed by atoms with E-state index in [0.717, 1.165) is 51.4 Å². The first-order valence-electron chi connectivity index (χ1n) is 13.3. The van der Waals surface area contributed by atoms with E-state index in [0.29, 0.717) is 22.1 Å². The van der Waals surface area contributed by atoms with Gasteiger partial charge in [-0.1, -0.05) is 85.5 Å². The Kier molecular flexibility index (Phi) is 23.2. The first-order valence-corrected chi connectivity index (χ1v) is 15.4. The highest BCUT2D eigenvalue weighted by atomic mass is 32.2. The molecule has 4 heteroatoms. The molecule has 0 aliphatic heterocycles. The molecule has 0 aliphatic carbocycles. The minimum absolute atomic E-state index is 0.451. The van der Waals surface area contributed by atoms with Crippen molar-refractivity contribution >= 4 is 35.1 Å². The van der Waals surface area contributed by atoms with E-state index in [1.807, 2.05) is 23.5 Å². The second-order valence-corrected chi connectivity index (χ2v) is 12.3. The number of hydrogen-bond donors (Lipinski definition) is 0. The number of hydrogen-bond acceptors (Lipinski definition) is 4. The lowest BCUT2D eigenvalue weighted by molar-refractivity contribution is -0.119. The third kappa shape index (κ3) is 23.0. The number of thioether (sulfide) groups is 2. The summed E-state index contributed by atoms with van der Waals surface area (Å²) in [6, 6.07) is 0. The van der Waals surface area contributed by atoms with Crippen LogP contribution in [-0.2, 0) is 9.59 Å². The molecule has 0 bridgehead atoms. The molecule has 0 fully saturated rings. The highest BCUT2D eigenvalue weighted by Crippen LogP contribution is 2.20. The normalized spacial score (nSPS) is 13.3. The summed E-state index contributed by atoms with van der Waals surface area (Å²) in [6.07, 6.45) is 19.6. The van der Waals surface area contributed by atoms with Gasteiger partial charge in [0.2, 0.25) is 0 Å². The van der Waals surface area contributed by atoms with Gasteiger partial charge < -0.3 is 0 Å². The van der Waals surface area contributed by atoms with Crippen LogP contribution in [0.15, 0.2) is 0 Å². The van der Waals surface area contributed by atoms with Gasteiger partial charge in [-0.15, -0.1) is 0 Å². The summed E-state index contributed by atoms with van der Waals surface area (Å²) in [4.78, 5) is 23.6. The summed E-state index contributed by atoms with van der Waals surface area (Å²) >= 11 is 3.97. The second kappa shape index (κ2) is 23.2. The average Bonchev–Trinajstić information content (AvgIpc) is 2.73. The molecule has 31 heavy (non-hydrogen) atoms. The summed E-state index contributed by atoms with van der Waals surface area (Å²) in [6.45, 7) is 8.71. The Bertz CT molecular complexity index is 387. The fraction of sp³-hybridized carbons (Fsp3) is 0.926. The van der Waals surface area contributed by atoms with Crippen LogP contribution in [0.2, 0.25) is 0 Å². The molecular weight excluding hydrogens is 420 g/mol. The van der Waals surface area contributed by atoms with E-state index < -0.39 is 0 Å². The van der Waals surface area contributed by atoms with Crippen LogP contribution in [0.1, 0.15) is 137 Å². The van der Waals surface area contributed by atoms with Crippen molar-refractivity contribution < 1.29 is 9.59 Å². The van der Waals surface area contributed by atoms with Crippen LogP contribution in [0.25, 0.3) is 0 Å². The van der Waals surface area contributed by atoms with Gasteiger partial charge in [-0.05, 0) is 37.2 Å². The van der Waals surface area contributed by atoms with Gasteiger partial charge in [0.15, 0.2) is 0 Å². The van der Waals surface area contributed by atoms with E-state index >= 15 is 0 Å². The molecular formula is C27H52O2S2. The van der Waals surface area contributed by atoms with Crippen molar-refractivity contribution in [2.24, 2.45) is 0 Å². The minimum atomic E-state index is 0.451. The number of ketones is 2. The first kappa shape index (κ1) is 31.0. The molecule has 2 atom stereocenters. The lowest BCUT2D eigenvalue weighted by atomic mass is 10.1. The van der Waals surface area contributed by atoms with Crippen molar-refractivity contribution in [1.29, 1.82) is 0 Å². The molecule has 2 nitrogen and oxygen atoms in total. The van der Waals surface area contributed by atoms with E-state index in [2.05, 4.69) is 27.7 Å². The van der Waals surface area contributed by atoms with Gasteiger partial charge >= 0.3 is 0 Å². The van der Waals surface area contributed by atoms with E-state index in [1.165, 1.54) is 69.3 Å². The second-order valence-electron chi connectivity index (χ2n) is 9.24. The topological polar surface area (TPSA) is 34.1 Å². The molecule has 0 amide bonds. The van der Waals surface area contributed by atoms with E-state index in [-0.39, 0.29) is 0 Å². The van der Waals surface area contributed by atoms with Gasteiger partial charge in [-0.2, -0.15) is 23.5 Å². The number of carbonyl (C=O) groups excluding carboxylic acids is 2. The predicted molar refractivity (Wildman–Crippen MR) is 144 cm³/mol. The summed E-state index contributed by atoms with van der Waals surface area (Å²) < 4.78 is 0. The molecule has 0 heterocycles. The quantitative estimate of drug-likeness (QED) is 0.131. The van der Waals surface area contributed by atoms with Crippen molar-refractivity contribution in [2.75, 3.05) is 11.5 Å². The van der Waals surface area contributed by atoms with E-state index in [1.54, 1.807) is 0 Å². The Morgan fingerprint density at radius 2 is 0.871 bits per heavy atom. The molecule has 0 radical (unpaired) electrons. The fourth-order valence-electron chi connectivity index (χ4n) is 3.72. The molecule has 0 aromatic heterocycles. The predicted octanol–water partition coefficient (Wildman–Crippen LogP) is 9.04. The first-order chi connectivity index (χ1) is 15.0. The zero-order valence-electron chi connectivity index (χ0n) is 21.2. The Labute approximate surface area is 203 Å². The Morgan fingerprint density at radius 3 is 1.19 bits per heavy atom. The summed E-state index contributed by atoms with van der Waals surface area (Å²) in [7, 11) is 0. The summed E-state index contributed by atoms with van der Waals surface area (Å²) in [5.74, 6) is 3.32. The van der Waals surface area contributed by atoms with Crippen molar-refractivity contribution in [3.63, 3.8) is 0 Å². The molecule has 0 N–H and O–H groups in total. The van der Waals surface area contributed by atoms with Crippen molar-refractivity contribution in [3.05, 3.63) is 0 Å². The van der Waals surface area contributed by atoms with Crippen LogP contribution in [0.3, 0.4) is 0 Å². The number of unbranched alkanes of at least 4 members (excludes halogenated alkanes) is 10. The molecule has 0 aliphatic rings. The van der Waals surface area contributed by atoms with Crippen LogP contribution < -0.4 is 0 Å². The fourth-order valence-corrected chi connectivity index (χ4v) is 5.88. The third-order valence-electron chi connectivity index (χ3n) is 5.74. The van der Waals surface area contributed by atoms with Crippen molar-refractivity contribution in [3.8, 4) is 0 Å². The number of carbonyl (C=O) groups is 2. The molecule has 0 saturated heterocycles. The van der Waals surface area contributed by atoms with Crippen LogP contribution in [-0.4, -0.2) is 33.6 Å². The van der Waals surface area contributed by atoms with Gasteiger partial charge in [0.1, 0.15) is 11.6 Å². The summed E-state index contributed by atoms with van der Waals surface area (Å²) in [5.41, 5.74) is 0. The maximum absolute atomic E-state index is 11.8. The lowest BCUT2D eigenvalue weighted by Crippen LogP contribution is -2.07. The minimum Gasteiger partial charge on any atom is -0.300 e. The molecule has 0 saturated carbocycles. The highest BCUT2D eigenvalue weighted by molar-refractivity contribution is 8.00. The molecule has 0 spiro atoms. The van der Waals surface area contributed by atoms with Gasteiger partial charge in [0.25, 0.3) is 0 Å². The standard InChI is InChI=1S/C27H52O2S2/c1-5-7-18-26(28)22-24(3)30-20-16-14-12-10-9-11-13-15-17-21-31-25(4)23-27(29)19-8-6-2/h24-25H,5-23H2,1-4H3. The molecule has 184 valence electrons. The number of rotatable bonds is 24. The van der Waals surface area contributed by atoms with Crippen LogP contribution in [0.4, 0.5) is 0 Å². The molecule has 0 aromatic rings. The van der Waals surface area contributed by atoms with E-state index in [4.69, 9.17) is 0 Å². The lowest BCUT2D eigenvalue weighted by Gasteiger charge is -2.10. The monoisotopic (exact) mass is 472 g/mol. The smallest absolute Gasteiger partial charge is 0.134 e. The van der Waals surface area contributed by atoms with Crippen LogP contribution in [0.5, 0.6) is 0 Å². The van der Waals surface area contributed by atoms with Gasteiger partial charge in [-0.25, -0.2) is 0 Å². The maximum Gasteiger partial charge on any atom is 0.134 e. The Morgan fingerprint density at radius 1 is 0.548 bits per heavy atom. The Hall–Kier alpha value is 0.0400. The van der Waals surface area contributed by atoms with Gasteiger partial charge in [0, 0.05) is 36.2 Å². The molecule has 0 aromatic carbocycles. The third-order valence-corrected chi connectivity index (χ3v) is 8.26. The van der Waals surface area contributed by atoms with Gasteiger partial charge in [0.05, 0.1) is 0 Å². The maximum atomic E-state index is 11.8. The zero-order valence-corrected chi connectivity index (χ0v) is 22.9. The van der Waals surface area contributed by atoms with Crippen LogP contribution >= 0.6 is 23.5 Å². The van der Waals surface area contributed by atoms with Crippen molar-refractivity contribution in [2.45, 2.75) is 147 Å². The van der Waals surface area contributed by atoms with Crippen molar-refractivity contribution in [1.82, 2.24) is 0 Å². The molecule has 0 rings (SSSR count). The van der Waals surface area contributed by atoms with E-state index in [9.17, 15) is 9.59 Å². The average molecular weight is 473 g/mol. The SMILES string of the molecule is CCCCC(=O)CC(C)SCCCCCCCCCCCSC(C)CC(=O)CCCC. The molecule has 2 unspecified atom stereocenters. The summed E-state index contributed by atoms with van der Waals surface area (Å²) in [5, 5.41) is 0.985.